The Morgan fingerprint density at radius 1 is 1.00 bits per heavy atom. The third-order valence-corrected chi connectivity index (χ3v) is 5.91. The van der Waals surface area contributed by atoms with Crippen LogP contribution < -0.4 is 0 Å². The fourth-order valence-electron chi connectivity index (χ4n) is 4.51. The molecule has 0 bridgehead atoms. The Bertz CT molecular complexity index is 1100. The van der Waals surface area contributed by atoms with E-state index in [-0.39, 0.29) is 12.5 Å². The van der Waals surface area contributed by atoms with Crippen LogP contribution in [0.1, 0.15) is 45.2 Å². The number of carbonyl (C=O) groups excluding carboxylic acids is 1. The van der Waals surface area contributed by atoms with Crippen molar-refractivity contribution in [3.8, 4) is 5.69 Å². The lowest BCUT2D eigenvalue weighted by molar-refractivity contribution is -0.139. The smallest absolute Gasteiger partial charge is 0.312 e. The molecule has 1 unspecified atom stereocenters. The molecule has 5 rings (SSSR count). The first-order valence-corrected chi connectivity index (χ1v) is 9.89. The van der Waals surface area contributed by atoms with Gasteiger partial charge in [-0.1, -0.05) is 42.5 Å². The number of rotatable bonds is 3. The molecule has 1 aromatic heterocycles. The molecule has 3 aromatic rings. The van der Waals surface area contributed by atoms with Crippen molar-refractivity contribution in [2.24, 2.45) is 0 Å². The highest BCUT2D eigenvalue weighted by Crippen LogP contribution is 2.32. The van der Waals surface area contributed by atoms with Crippen LogP contribution in [0.5, 0.6) is 0 Å². The standard InChI is InChI=1S/C23H21N3O3/c27-22(25-13-15-7-4-5-10-17(15)19(14-25)23(28)29)21-18-11-6-12-20(18)26(24-21)16-8-2-1-3-9-16/h1-5,7-10,19H,6,11-14H2,(H,28,29). The van der Waals surface area contributed by atoms with Gasteiger partial charge in [0.2, 0.25) is 0 Å². The number of fused-ring (bicyclic) bond motifs is 2. The number of benzene rings is 2. The van der Waals surface area contributed by atoms with Crippen LogP contribution in [-0.2, 0) is 24.2 Å². The van der Waals surface area contributed by atoms with Crippen molar-refractivity contribution < 1.29 is 14.7 Å². The molecule has 1 aliphatic carbocycles. The summed E-state index contributed by atoms with van der Waals surface area (Å²) in [5, 5.41) is 14.4. The van der Waals surface area contributed by atoms with E-state index < -0.39 is 11.9 Å². The number of carboxylic acids is 1. The molecule has 0 saturated heterocycles. The molecule has 1 amide bonds. The van der Waals surface area contributed by atoms with E-state index in [0.29, 0.717) is 12.2 Å². The van der Waals surface area contributed by atoms with Crippen molar-refractivity contribution in [2.75, 3.05) is 6.54 Å². The Labute approximate surface area is 168 Å². The summed E-state index contributed by atoms with van der Waals surface area (Å²) in [7, 11) is 0. The predicted octanol–water partition coefficient (Wildman–Crippen LogP) is 3.19. The lowest BCUT2D eigenvalue weighted by Gasteiger charge is -2.32. The topological polar surface area (TPSA) is 75.4 Å². The number of aromatic nitrogens is 2. The summed E-state index contributed by atoms with van der Waals surface area (Å²) < 4.78 is 1.88. The van der Waals surface area contributed by atoms with Gasteiger partial charge >= 0.3 is 5.97 Å². The van der Waals surface area contributed by atoms with Crippen LogP contribution in [0.25, 0.3) is 5.69 Å². The molecule has 6 nitrogen and oxygen atoms in total. The minimum absolute atomic E-state index is 0.165. The van der Waals surface area contributed by atoms with E-state index >= 15 is 0 Å². The highest BCUT2D eigenvalue weighted by molar-refractivity contribution is 5.95. The van der Waals surface area contributed by atoms with Crippen LogP contribution in [0.2, 0.25) is 0 Å². The van der Waals surface area contributed by atoms with E-state index in [4.69, 9.17) is 0 Å². The highest BCUT2D eigenvalue weighted by atomic mass is 16.4. The van der Waals surface area contributed by atoms with E-state index in [1.165, 1.54) is 0 Å². The van der Waals surface area contributed by atoms with Gasteiger partial charge in [0.05, 0.1) is 11.6 Å². The normalized spacial score (nSPS) is 17.7. The molecule has 2 heterocycles. The van der Waals surface area contributed by atoms with Gasteiger partial charge in [-0.2, -0.15) is 5.10 Å². The zero-order chi connectivity index (χ0) is 20.0. The molecular formula is C23H21N3O3. The largest absolute Gasteiger partial charge is 0.481 e. The van der Waals surface area contributed by atoms with E-state index in [1.54, 1.807) is 4.90 Å². The van der Waals surface area contributed by atoms with E-state index in [1.807, 2.05) is 59.3 Å². The van der Waals surface area contributed by atoms with Gasteiger partial charge in [-0.25, -0.2) is 4.68 Å². The Morgan fingerprint density at radius 3 is 2.55 bits per heavy atom. The lowest BCUT2D eigenvalue weighted by Crippen LogP contribution is -2.41. The molecule has 0 saturated carbocycles. The third kappa shape index (κ3) is 2.92. The molecule has 1 N–H and O–H groups in total. The summed E-state index contributed by atoms with van der Waals surface area (Å²) in [4.78, 5) is 26.9. The third-order valence-electron chi connectivity index (χ3n) is 5.91. The molecule has 0 radical (unpaired) electrons. The molecule has 6 heteroatoms. The zero-order valence-corrected chi connectivity index (χ0v) is 15.9. The number of hydrogen-bond acceptors (Lipinski definition) is 3. The summed E-state index contributed by atoms with van der Waals surface area (Å²) in [6, 6.07) is 17.3. The maximum atomic E-state index is 13.4. The van der Waals surface area contributed by atoms with Crippen molar-refractivity contribution in [3.63, 3.8) is 0 Å². The van der Waals surface area contributed by atoms with Gasteiger partial charge < -0.3 is 10.0 Å². The van der Waals surface area contributed by atoms with Crippen molar-refractivity contribution in [1.82, 2.24) is 14.7 Å². The molecule has 1 aliphatic heterocycles. The Hall–Kier alpha value is -3.41. The van der Waals surface area contributed by atoms with Gasteiger partial charge in [0.15, 0.2) is 5.69 Å². The first-order chi connectivity index (χ1) is 14.1. The fraction of sp³-hybridized carbons (Fsp3) is 0.261. The first-order valence-electron chi connectivity index (χ1n) is 9.89. The number of hydrogen-bond donors (Lipinski definition) is 1. The molecule has 29 heavy (non-hydrogen) atoms. The molecule has 0 spiro atoms. The number of nitrogens with zero attached hydrogens (tertiary/aromatic N) is 3. The van der Waals surface area contributed by atoms with Gasteiger partial charge in [0, 0.05) is 24.3 Å². The molecule has 1 atom stereocenters. The monoisotopic (exact) mass is 387 g/mol. The lowest BCUT2D eigenvalue weighted by atomic mass is 9.89. The molecule has 0 fully saturated rings. The second-order valence-electron chi connectivity index (χ2n) is 7.65. The second-order valence-corrected chi connectivity index (χ2v) is 7.65. The minimum atomic E-state index is -0.907. The Balaban J connectivity index is 1.53. The quantitative estimate of drug-likeness (QED) is 0.749. The van der Waals surface area contributed by atoms with E-state index in [2.05, 4.69) is 5.10 Å². The molecule has 2 aliphatic rings. The van der Waals surface area contributed by atoms with E-state index in [0.717, 1.165) is 47.3 Å². The predicted molar refractivity (Wildman–Crippen MR) is 107 cm³/mol. The van der Waals surface area contributed by atoms with Crippen LogP contribution in [0.4, 0.5) is 0 Å². The van der Waals surface area contributed by atoms with Crippen LogP contribution >= 0.6 is 0 Å². The Morgan fingerprint density at radius 2 is 1.76 bits per heavy atom. The number of carbonyl (C=O) groups is 2. The average Bonchev–Trinajstić information content (AvgIpc) is 3.36. The zero-order valence-electron chi connectivity index (χ0n) is 15.9. The van der Waals surface area contributed by atoms with Crippen molar-refractivity contribution in [2.45, 2.75) is 31.7 Å². The van der Waals surface area contributed by atoms with E-state index in [9.17, 15) is 14.7 Å². The van der Waals surface area contributed by atoms with Crippen molar-refractivity contribution in [3.05, 3.63) is 82.7 Å². The van der Waals surface area contributed by atoms with Crippen LogP contribution in [-0.4, -0.2) is 38.2 Å². The van der Waals surface area contributed by atoms with Crippen molar-refractivity contribution in [1.29, 1.82) is 0 Å². The van der Waals surface area contributed by atoms with Gasteiger partial charge in [-0.3, -0.25) is 9.59 Å². The summed E-state index contributed by atoms with van der Waals surface area (Å²) in [5.41, 5.74) is 5.18. The summed E-state index contributed by atoms with van der Waals surface area (Å²) >= 11 is 0. The van der Waals surface area contributed by atoms with Crippen LogP contribution in [0.3, 0.4) is 0 Å². The molecule has 146 valence electrons. The number of para-hydroxylation sites is 1. The maximum absolute atomic E-state index is 13.4. The number of aliphatic carboxylic acids is 1. The summed E-state index contributed by atoms with van der Waals surface area (Å²) in [6.45, 7) is 0.573. The number of amides is 1. The first kappa shape index (κ1) is 17.7. The molecule has 2 aromatic carbocycles. The second kappa shape index (κ2) is 6.88. The summed E-state index contributed by atoms with van der Waals surface area (Å²) in [5.74, 6) is -1.80. The fourth-order valence-corrected chi connectivity index (χ4v) is 4.51. The van der Waals surface area contributed by atoms with Crippen LogP contribution in [0, 0.1) is 0 Å². The number of carboxylic acid groups (broad SMARTS) is 1. The van der Waals surface area contributed by atoms with Gasteiger partial charge in [-0.05, 0) is 42.5 Å². The van der Waals surface area contributed by atoms with Gasteiger partial charge in [0.25, 0.3) is 5.91 Å². The average molecular weight is 387 g/mol. The minimum Gasteiger partial charge on any atom is -0.481 e. The summed E-state index contributed by atoms with van der Waals surface area (Å²) in [6.07, 6.45) is 2.72. The van der Waals surface area contributed by atoms with Crippen LogP contribution in [0.15, 0.2) is 54.6 Å². The molecular weight excluding hydrogens is 366 g/mol. The van der Waals surface area contributed by atoms with Gasteiger partial charge in [-0.15, -0.1) is 0 Å². The van der Waals surface area contributed by atoms with Crippen molar-refractivity contribution >= 4 is 11.9 Å². The maximum Gasteiger partial charge on any atom is 0.312 e. The van der Waals surface area contributed by atoms with Gasteiger partial charge in [0.1, 0.15) is 0 Å². The SMILES string of the molecule is O=C(O)C1CN(C(=O)c2nn(-c3ccccc3)c3c2CCC3)Cc2ccccc21. The Kier molecular flexibility index (Phi) is 4.19. The highest BCUT2D eigenvalue weighted by Gasteiger charge is 2.36.